The van der Waals surface area contributed by atoms with Crippen LogP contribution in [0.1, 0.15) is 17.0 Å². The van der Waals surface area contributed by atoms with Gasteiger partial charge in [-0.05, 0) is 42.0 Å². The van der Waals surface area contributed by atoms with E-state index in [-0.39, 0.29) is 0 Å². The fraction of sp³-hybridized carbons (Fsp3) is 0.333. The van der Waals surface area contributed by atoms with Gasteiger partial charge in [0.2, 0.25) is 5.89 Å². The van der Waals surface area contributed by atoms with Crippen LogP contribution in [0.15, 0.2) is 47.0 Å². The smallest absolute Gasteiger partial charge is 0.288 e. The zero-order valence-corrected chi connectivity index (χ0v) is 17.5. The van der Waals surface area contributed by atoms with E-state index in [0.717, 1.165) is 43.3 Å². The third-order valence-electron chi connectivity index (χ3n) is 5.08. The van der Waals surface area contributed by atoms with Gasteiger partial charge in [0.1, 0.15) is 17.6 Å². The Labute approximate surface area is 179 Å². The molecule has 30 heavy (non-hydrogen) atoms. The number of hydrogen-bond acceptors (Lipinski definition) is 8. The minimum Gasteiger partial charge on any atom is -0.497 e. The molecule has 0 N–H and O–H groups in total. The molecule has 1 aromatic carbocycles. The van der Waals surface area contributed by atoms with Gasteiger partial charge in [0.05, 0.1) is 25.8 Å². The predicted octanol–water partition coefficient (Wildman–Crippen LogP) is 2.85. The van der Waals surface area contributed by atoms with Crippen molar-refractivity contribution < 1.29 is 9.15 Å². The molecule has 8 nitrogen and oxygen atoms in total. The van der Waals surface area contributed by atoms with Gasteiger partial charge in [-0.2, -0.15) is 5.26 Å². The van der Waals surface area contributed by atoms with E-state index in [1.165, 1.54) is 0 Å². The fourth-order valence-electron chi connectivity index (χ4n) is 3.45. The summed E-state index contributed by atoms with van der Waals surface area (Å²) in [5.74, 6) is 2.16. The second-order valence-electron chi connectivity index (χ2n) is 7.02. The molecule has 1 fully saturated rings. The SMILES string of the molecule is COc1ccc(Cc2nn(CN3CCN(c4ncccc4C#N)CC3)c(=S)o2)cc1. The summed E-state index contributed by atoms with van der Waals surface area (Å²) >= 11 is 5.36. The molecule has 0 saturated carbocycles. The molecular weight excluding hydrogens is 400 g/mol. The maximum atomic E-state index is 9.29. The number of pyridine rings is 1. The van der Waals surface area contributed by atoms with E-state index in [1.807, 2.05) is 24.3 Å². The molecule has 0 amide bonds. The van der Waals surface area contributed by atoms with Crippen molar-refractivity contribution in [2.45, 2.75) is 13.1 Å². The second kappa shape index (κ2) is 9.07. The van der Waals surface area contributed by atoms with Gasteiger partial charge in [-0.15, -0.1) is 5.10 Å². The standard InChI is InChI=1S/C21H22N6O2S/c1-28-18-6-4-16(5-7-18)13-19-24-27(21(30)29-19)15-25-9-11-26(12-10-25)20-17(14-22)3-2-8-23-20/h2-8H,9-13,15H2,1H3. The van der Waals surface area contributed by atoms with Crippen LogP contribution in [0.5, 0.6) is 5.75 Å². The van der Waals surface area contributed by atoms with Gasteiger partial charge in [-0.25, -0.2) is 9.67 Å². The first-order valence-corrected chi connectivity index (χ1v) is 10.1. The highest BCUT2D eigenvalue weighted by molar-refractivity contribution is 7.71. The summed E-state index contributed by atoms with van der Waals surface area (Å²) in [5.41, 5.74) is 1.68. The van der Waals surface area contributed by atoms with Crippen LogP contribution >= 0.6 is 12.2 Å². The number of piperazine rings is 1. The monoisotopic (exact) mass is 422 g/mol. The van der Waals surface area contributed by atoms with Crippen molar-refractivity contribution in [3.8, 4) is 11.8 Å². The van der Waals surface area contributed by atoms with Crippen LogP contribution < -0.4 is 9.64 Å². The number of anilines is 1. The van der Waals surface area contributed by atoms with Crippen molar-refractivity contribution in [3.63, 3.8) is 0 Å². The Balaban J connectivity index is 1.36. The van der Waals surface area contributed by atoms with E-state index < -0.39 is 0 Å². The maximum absolute atomic E-state index is 9.29. The van der Waals surface area contributed by atoms with Crippen molar-refractivity contribution in [1.29, 1.82) is 5.26 Å². The third kappa shape index (κ3) is 4.50. The average Bonchev–Trinajstić information content (AvgIpc) is 3.13. The topological polar surface area (TPSA) is 83.4 Å². The summed E-state index contributed by atoms with van der Waals surface area (Å²) in [7, 11) is 1.65. The van der Waals surface area contributed by atoms with Gasteiger partial charge < -0.3 is 14.1 Å². The highest BCUT2D eigenvalue weighted by Gasteiger charge is 2.21. The lowest BCUT2D eigenvalue weighted by Gasteiger charge is -2.35. The van der Waals surface area contributed by atoms with Crippen molar-refractivity contribution >= 4 is 18.0 Å². The molecule has 154 valence electrons. The van der Waals surface area contributed by atoms with E-state index in [1.54, 1.807) is 30.1 Å². The number of nitrogens with zero attached hydrogens (tertiary/aromatic N) is 6. The Morgan fingerprint density at radius 3 is 2.63 bits per heavy atom. The molecule has 3 heterocycles. The first kappa shape index (κ1) is 20.1. The molecule has 4 rings (SSSR count). The number of aromatic nitrogens is 3. The molecule has 0 atom stereocenters. The Hall–Kier alpha value is -3.22. The lowest BCUT2D eigenvalue weighted by molar-refractivity contribution is 0.192. The van der Waals surface area contributed by atoms with Gasteiger partial charge in [0, 0.05) is 32.4 Å². The van der Waals surface area contributed by atoms with Crippen LogP contribution in [0.2, 0.25) is 0 Å². The number of benzene rings is 1. The van der Waals surface area contributed by atoms with Gasteiger partial charge >= 0.3 is 0 Å². The van der Waals surface area contributed by atoms with Crippen LogP contribution in [0.4, 0.5) is 5.82 Å². The molecule has 1 aliphatic rings. The predicted molar refractivity (Wildman–Crippen MR) is 114 cm³/mol. The summed E-state index contributed by atoms with van der Waals surface area (Å²) < 4.78 is 12.6. The average molecular weight is 423 g/mol. The Morgan fingerprint density at radius 1 is 1.17 bits per heavy atom. The van der Waals surface area contributed by atoms with Crippen LogP contribution in [-0.2, 0) is 13.1 Å². The van der Waals surface area contributed by atoms with Gasteiger partial charge in [-0.1, -0.05) is 12.1 Å². The summed E-state index contributed by atoms with van der Waals surface area (Å²) in [4.78, 5) is 9.16. The molecular formula is C21H22N6O2S. The minimum atomic E-state index is 0.373. The third-order valence-corrected chi connectivity index (χ3v) is 5.37. The summed E-state index contributed by atoms with van der Waals surface area (Å²) in [6.45, 7) is 3.80. The zero-order valence-electron chi connectivity index (χ0n) is 16.7. The highest BCUT2D eigenvalue weighted by atomic mass is 32.1. The van der Waals surface area contributed by atoms with Crippen LogP contribution in [-0.4, -0.2) is 53.0 Å². The van der Waals surface area contributed by atoms with Crippen LogP contribution in [0.3, 0.4) is 0 Å². The van der Waals surface area contributed by atoms with E-state index >= 15 is 0 Å². The molecule has 9 heteroatoms. The highest BCUT2D eigenvalue weighted by Crippen LogP contribution is 2.19. The quantitative estimate of drug-likeness (QED) is 0.561. The number of nitriles is 1. The number of hydrogen-bond donors (Lipinski definition) is 0. The molecule has 0 bridgehead atoms. The Bertz CT molecular complexity index is 1090. The van der Waals surface area contributed by atoms with Crippen LogP contribution in [0.25, 0.3) is 0 Å². The number of ether oxygens (including phenoxy) is 1. The molecule has 1 saturated heterocycles. The molecule has 0 unspecified atom stereocenters. The summed E-state index contributed by atoms with van der Waals surface area (Å²) in [6, 6.07) is 13.6. The van der Waals surface area contributed by atoms with Crippen molar-refractivity contribution in [3.05, 3.63) is 64.5 Å². The lowest BCUT2D eigenvalue weighted by Crippen LogP contribution is -2.47. The minimum absolute atomic E-state index is 0.373. The second-order valence-corrected chi connectivity index (χ2v) is 7.37. The zero-order chi connectivity index (χ0) is 20.9. The first-order valence-electron chi connectivity index (χ1n) is 9.68. The van der Waals surface area contributed by atoms with Gasteiger partial charge in [-0.3, -0.25) is 4.90 Å². The molecule has 0 spiro atoms. The van der Waals surface area contributed by atoms with E-state index in [2.05, 4.69) is 26.0 Å². The maximum Gasteiger partial charge on any atom is 0.288 e. The van der Waals surface area contributed by atoms with Crippen molar-refractivity contribution in [2.75, 3.05) is 38.2 Å². The molecule has 3 aromatic rings. The van der Waals surface area contributed by atoms with Crippen LogP contribution in [0, 0.1) is 16.2 Å². The van der Waals surface area contributed by atoms with E-state index in [4.69, 9.17) is 21.4 Å². The van der Waals surface area contributed by atoms with E-state index in [9.17, 15) is 5.26 Å². The largest absolute Gasteiger partial charge is 0.497 e. The number of methoxy groups -OCH3 is 1. The lowest BCUT2D eigenvalue weighted by atomic mass is 10.1. The van der Waals surface area contributed by atoms with E-state index in [0.29, 0.717) is 29.4 Å². The molecule has 2 aromatic heterocycles. The fourth-order valence-corrected chi connectivity index (χ4v) is 3.65. The van der Waals surface area contributed by atoms with Crippen molar-refractivity contribution in [1.82, 2.24) is 19.7 Å². The molecule has 0 aliphatic carbocycles. The van der Waals surface area contributed by atoms with Crippen molar-refractivity contribution in [2.24, 2.45) is 0 Å². The summed E-state index contributed by atoms with van der Waals surface area (Å²) in [6.07, 6.45) is 2.30. The normalized spacial score (nSPS) is 14.5. The van der Waals surface area contributed by atoms with Gasteiger partial charge in [0.25, 0.3) is 4.84 Å². The summed E-state index contributed by atoms with van der Waals surface area (Å²) in [5, 5.41) is 13.8. The number of rotatable bonds is 6. The first-order chi connectivity index (χ1) is 14.7. The van der Waals surface area contributed by atoms with Gasteiger partial charge in [0.15, 0.2) is 0 Å². The molecule has 0 radical (unpaired) electrons. The Kier molecular flexibility index (Phi) is 6.07. The molecule has 1 aliphatic heterocycles. The Morgan fingerprint density at radius 2 is 1.93 bits per heavy atom.